The molecule has 0 radical (unpaired) electrons. The number of likely N-dealkylation sites (N-methyl/N-ethyl adjacent to an activating group) is 1. The Morgan fingerprint density at radius 1 is 1.30 bits per heavy atom. The third-order valence-electron chi connectivity index (χ3n) is 4.69. The van der Waals surface area contributed by atoms with Crippen molar-refractivity contribution < 1.29 is 14.7 Å². The van der Waals surface area contributed by atoms with Gasteiger partial charge in [0, 0.05) is 38.6 Å². The van der Waals surface area contributed by atoms with Crippen molar-refractivity contribution in [2.75, 3.05) is 20.1 Å². The van der Waals surface area contributed by atoms with E-state index in [4.69, 9.17) is 5.11 Å². The Balaban J connectivity index is 1.83. The van der Waals surface area contributed by atoms with Gasteiger partial charge in [-0.25, -0.2) is 4.79 Å². The second kappa shape index (κ2) is 7.59. The van der Waals surface area contributed by atoms with Crippen LogP contribution in [0.15, 0.2) is 24.3 Å². The predicted octanol–water partition coefficient (Wildman–Crippen LogP) is 2.26. The van der Waals surface area contributed by atoms with Gasteiger partial charge in [-0.2, -0.15) is 0 Å². The molecule has 0 aliphatic carbocycles. The minimum Gasteiger partial charge on any atom is -0.478 e. The molecule has 0 aromatic heterocycles. The van der Waals surface area contributed by atoms with E-state index in [2.05, 4.69) is 18.7 Å². The molecular weight excluding hydrogens is 292 g/mol. The lowest BCUT2D eigenvalue weighted by molar-refractivity contribution is -0.131. The van der Waals surface area contributed by atoms with Crippen molar-refractivity contribution in [2.45, 2.75) is 45.2 Å². The molecule has 1 aliphatic rings. The fraction of sp³-hybridized carbons (Fsp3) is 0.556. The number of carbonyl (C=O) groups is 2. The number of hydrogen-bond donors (Lipinski definition) is 1. The minimum absolute atomic E-state index is 0.155. The van der Waals surface area contributed by atoms with E-state index < -0.39 is 5.97 Å². The van der Waals surface area contributed by atoms with Gasteiger partial charge in [-0.1, -0.05) is 12.1 Å². The van der Waals surface area contributed by atoms with Crippen LogP contribution in [0.5, 0.6) is 0 Å². The Kier molecular flexibility index (Phi) is 5.77. The third-order valence-corrected chi connectivity index (χ3v) is 4.69. The quantitative estimate of drug-likeness (QED) is 0.874. The van der Waals surface area contributed by atoms with Gasteiger partial charge in [0.15, 0.2) is 0 Å². The summed E-state index contributed by atoms with van der Waals surface area (Å²) < 4.78 is 0. The molecule has 1 N–H and O–H groups in total. The Hall–Kier alpha value is -1.88. The summed E-state index contributed by atoms with van der Waals surface area (Å²) in [6.07, 6.45) is 2.14. The summed E-state index contributed by atoms with van der Waals surface area (Å²) in [5.41, 5.74) is 1.27. The standard InChI is InChI=1S/C18H26N2O3/c1-13(2)20-11-10-16(12-20)19(3)17(21)9-6-14-4-7-15(8-5-14)18(22)23/h4-5,7-8,13,16H,6,9-12H2,1-3H3,(H,22,23). The summed E-state index contributed by atoms with van der Waals surface area (Å²) in [7, 11) is 1.89. The van der Waals surface area contributed by atoms with Gasteiger partial charge in [-0.05, 0) is 44.4 Å². The first-order valence-corrected chi connectivity index (χ1v) is 8.20. The molecule has 0 bridgehead atoms. The number of carboxylic acid groups (broad SMARTS) is 1. The van der Waals surface area contributed by atoms with E-state index in [0.717, 1.165) is 25.1 Å². The lowest BCUT2D eigenvalue weighted by Crippen LogP contribution is -2.40. The van der Waals surface area contributed by atoms with Crippen LogP contribution in [0.25, 0.3) is 0 Å². The number of amides is 1. The minimum atomic E-state index is -0.928. The fourth-order valence-corrected chi connectivity index (χ4v) is 3.00. The maximum Gasteiger partial charge on any atom is 0.335 e. The highest BCUT2D eigenvalue weighted by atomic mass is 16.4. The molecule has 1 amide bonds. The van der Waals surface area contributed by atoms with Gasteiger partial charge in [0.05, 0.1) is 5.56 Å². The summed E-state index contributed by atoms with van der Waals surface area (Å²) in [4.78, 5) is 27.5. The number of carbonyl (C=O) groups excluding carboxylic acids is 1. The summed E-state index contributed by atoms with van der Waals surface area (Å²) >= 11 is 0. The molecule has 1 aliphatic heterocycles. The molecule has 1 fully saturated rings. The zero-order valence-corrected chi connectivity index (χ0v) is 14.2. The van der Waals surface area contributed by atoms with E-state index in [1.54, 1.807) is 24.3 Å². The number of hydrogen-bond acceptors (Lipinski definition) is 3. The van der Waals surface area contributed by atoms with E-state index >= 15 is 0 Å². The van der Waals surface area contributed by atoms with E-state index in [-0.39, 0.29) is 11.5 Å². The monoisotopic (exact) mass is 318 g/mol. The number of rotatable bonds is 6. The Morgan fingerprint density at radius 2 is 1.96 bits per heavy atom. The molecule has 23 heavy (non-hydrogen) atoms. The summed E-state index contributed by atoms with van der Waals surface area (Å²) in [5, 5.41) is 8.88. The number of benzene rings is 1. The molecule has 1 heterocycles. The van der Waals surface area contributed by atoms with Gasteiger partial charge >= 0.3 is 5.97 Å². The number of aryl methyl sites for hydroxylation is 1. The van der Waals surface area contributed by atoms with Gasteiger partial charge in [-0.15, -0.1) is 0 Å². The molecule has 1 aromatic carbocycles. The highest BCUT2D eigenvalue weighted by Gasteiger charge is 2.29. The van der Waals surface area contributed by atoms with Gasteiger partial charge < -0.3 is 10.0 Å². The van der Waals surface area contributed by atoms with Crippen LogP contribution in [0, 0.1) is 0 Å². The summed E-state index contributed by atoms with van der Waals surface area (Å²) in [6.45, 7) is 6.37. The molecule has 5 heteroatoms. The zero-order chi connectivity index (χ0) is 17.0. The first-order chi connectivity index (χ1) is 10.9. The normalized spacial score (nSPS) is 18.3. The lowest BCUT2D eigenvalue weighted by Gasteiger charge is -2.26. The van der Waals surface area contributed by atoms with Crippen LogP contribution in [0.4, 0.5) is 0 Å². The number of nitrogens with zero attached hydrogens (tertiary/aromatic N) is 2. The first kappa shape index (κ1) is 17.5. The van der Waals surface area contributed by atoms with Crippen LogP contribution in [-0.2, 0) is 11.2 Å². The maximum atomic E-state index is 12.4. The largest absolute Gasteiger partial charge is 0.478 e. The second-order valence-corrected chi connectivity index (χ2v) is 6.54. The lowest BCUT2D eigenvalue weighted by atomic mass is 10.1. The van der Waals surface area contributed by atoms with E-state index in [1.165, 1.54) is 0 Å². The van der Waals surface area contributed by atoms with Crippen molar-refractivity contribution in [2.24, 2.45) is 0 Å². The number of aromatic carboxylic acids is 1. The van der Waals surface area contributed by atoms with E-state index in [0.29, 0.717) is 24.9 Å². The van der Waals surface area contributed by atoms with E-state index in [9.17, 15) is 9.59 Å². The third kappa shape index (κ3) is 4.55. The first-order valence-electron chi connectivity index (χ1n) is 8.20. The highest BCUT2D eigenvalue weighted by Crippen LogP contribution is 2.18. The molecule has 1 unspecified atom stereocenters. The van der Waals surface area contributed by atoms with Crippen LogP contribution in [0.3, 0.4) is 0 Å². The fourth-order valence-electron chi connectivity index (χ4n) is 3.00. The molecule has 0 saturated carbocycles. The van der Waals surface area contributed by atoms with Crippen molar-refractivity contribution in [3.63, 3.8) is 0 Å². The second-order valence-electron chi connectivity index (χ2n) is 6.54. The van der Waals surface area contributed by atoms with Crippen molar-refractivity contribution in [3.05, 3.63) is 35.4 Å². The van der Waals surface area contributed by atoms with Gasteiger partial charge in [0.1, 0.15) is 0 Å². The van der Waals surface area contributed by atoms with E-state index in [1.807, 2.05) is 11.9 Å². The molecule has 1 aromatic rings. The maximum absolute atomic E-state index is 12.4. The Morgan fingerprint density at radius 3 is 2.48 bits per heavy atom. The van der Waals surface area contributed by atoms with Crippen molar-refractivity contribution >= 4 is 11.9 Å². The average Bonchev–Trinajstić information content (AvgIpc) is 3.02. The van der Waals surface area contributed by atoms with Crippen LogP contribution < -0.4 is 0 Å². The Labute approximate surface area is 137 Å². The SMILES string of the molecule is CC(C)N1CCC(N(C)C(=O)CCc2ccc(C(=O)O)cc2)C1. The molecule has 2 rings (SSSR count). The van der Waals surface area contributed by atoms with Crippen LogP contribution in [-0.4, -0.2) is 59.0 Å². The molecule has 5 nitrogen and oxygen atoms in total. The summed E-state index contributed by atoms with van der Waals surface area (Å²) in [6, 6.07) is 7.57. The molecule has 126 valence electrons. The van der Waals surface area contributed by atoms with Gasteiger partial charge in [0.2, 0.25) is 5.91 Å². The van der Waals surface area contributed by atoms with Crippen molar-refractivity contribution in [1.82, 2.24) is 9.80 Å². The topological polar surface area (TPSA) is 60.9 Å². The number of carboxylic acids is 1. The van der Waals surface area contributed by atoms with Crippen molar-refractivity contribution in [3.8, 4) is 0 Å². The number of likely N-dealkylation sites (tertiary alicyclic amines) is 1. The summed E-state index contributed by atoms with van der Waals surface area (Å²) in [5.74, 6) is -0.772. The van der Waals surface area contributed by atoms with Crippen LogP contribution >= 0.6 is 0 Å². The average molecular weight is 318 g/mol. The molecule has 0 spiro atoms. The molecule has 1 saturated heterocycles. The van der Waals surface area contributed by atoms with Crippen molar-refractivity contribution in [1.29, 1.82) is 0 Å². The zero-order valence-electron chi connectivity index (χ0n) is 14.2. The smallest absolute Gasteiger partial charge is 0.335 e. The predicted molar refractivity (Wildman–Crippen MR) is 89.6 cm³/mol. The molecular formula is C18H26N2O3. The van der Waals surface area contributed by atoms with Gasteiger partial charge in [-0.3, -0.25) is 9.69 Å². The van der Waals surface area contributed by atoms with Crippen LogP contribution in [0.1, 0.15) is 42.6 Å². The molecule has 1 atom stereocenters. The Bertz CT molecular complexity index is 554. The highest BCUT2D eigenvalue weighted by molar-refractivity contribution is 5.87. The van der Waals surface area contributed by atoms with Gasteiger partial charge in [0.25, 0.3) is 0 Å². The van der Waals surface area contributed by atoms with Crippen LogP contribution in [0.2, 0.25) is 0 Å².